The molecule has 6 nitrogen and oxygen atoms in total. The molecule has 1 N–H and O–H groups in total. The van der Waals surface area contributed by atoms with E-state index >= 15 is 0 Å². The van der Waals surface area contributed by atoms with Gasteiger partial charge < -0.3 is 19.5 Å². The van der Waals surface area contributed by atoms with Crippen LogP contribution in [0.25, 0.3) is 0 Å². The van der Waals surface area contributed by atoms with E-state index in [0.717, 1.165) is 42.6 Å². The van der Waals surface area contributed by atoms with Gasteiger partial charge in [-0.25, -0.2) is 4.79 Å². The summed E-state index contributed by atoms with van der Waals surface area (Å²) in [6, 6.07) is 11.6. The number of halogens is 1. The number of piperidine rings is 1. The fourth-order valence-corrected chi connectivity index (χ4v) is 3.86. The molecule has 0 bridgehead atoms. The molecule has 2 aromatic rings. The summed E-state index contributed by atoms with van der Waals surface area (Å²) in [7, 11) is 1.40. The quantitative estimate of drug-likeness (QED) is 0.705. The Morgan fingerprint density at radius 3 is 2.70 bits per heavy atom. The average Bonchev–Trinajstić information content (AvgIpc) is 3.16. The molecule has 27 heavy (non-hydrogen) atoms. The molecular weight excluding hydrogens is 410 g/mol. The van der Waals surface area contributed by atoms with E-state index < -0.39 is 0 Å². The average molecular weight is 434 g/mol. The van der Waals surface area contributed by atoms with Crippen LogP contribution in [0, 0.1) is 0 Å². The normalized spacial score (nSPS) is 15.5. The zero-order valence-electron chi connectivity index (χ0n) is 15.4. The topological polar surface area (TPSA) is 63.6 Å². The van der Waals surface area contributed by atoms with Gasteiger partial charge in [-0.05, 0) is 43.2 Å². The third kappa shape index (κ3) is 5.20. The van der Waals surface area contributed by atoms with Crippen LogP contribution in [-0.2, 0) is 9.53 Å². The van der Waals surface area contributed by atoms with Gasteiger partial charge in [-0.1, -0.05) is 22.0 Å². The van der Waals surface area contributed by atoms with E-state index in [4.69, 9.17) is 4.74 Å². The van der Waals surface area contributed by atoms with Gasteiger partial charge in [-0.15, -0.1) is 0 Å². The Morgan fingerprint density at radius 1 is 1.22 bits per heavy atom. The molecule has 0 spiro atoms. The standard InChI is InChI=1S/C20H24BrN3O3/c1-27-20(26)18-6-3-10-24(18)17-7-11-23(12-8-17)13-9-19(25)22-16-5-2-4-15(21)14-16/h2-6,10,14,17H,7-9,11-13H2,1H3,(H,22,25). The number of benzene rings is 1. The summed E-state index contributed by atoms with van der Waals surface area (Å²) in [4.78, 5) is 26.3. The van der Waals surface area contributed by atoms with Gasteiger partial charge in [0.1, 0.15) is 5.69 Å². The molecule has 1 aliphatic heterocycles. The number of likely N-dealkylation sites (tertiary alicyclic amines) is 1. The molecule has 0 atom stereocenters. The molecule has 0 unspecified atom stereocenters. The first-order valence-electron chi connectivity index (χ1n) is 9.10. The Morgan fingerprint density at radius 2 is 2.00 bits per heavy atom. The largest absolute Gasteiger partial charge is 0.464 e. The van der Waals surface area contributed by atoms with E-state index in [1.807, 2.05) is 41.1 Å². The fourth-order valence-electron chi connectivity index (χ4n) is 3.46. The third-order valence-corrected chi connectivity index (χ3v) is 5.38. The lowest BCUT2D eigenvalue weighted by Gasteiger charge is -2.33. The van der Waals surface area contributed by atoms with Gasteiger partial charge in [0.25, 0.3) is 0 Å². The van der Waals surface area contributed by atoms with Crippen LogP contribution in [0.3, 0.4) is 0 Å². The van der Waals surface area contributed by atoms with Crippen molar-refractivity contribution in [1.82, 2.24) is 9.47 Å². The predicted molar refractivity (Wildman–Crippen MR) is 108 cm³/mol. The maximum Gasteiger partial charge on any atom is 0.354 e. The van der Waals surface area contributed by atoms with Gasteiger partial charge in [-0.3, -0.25) is 4.79 Å². The molecule has 1 amide bonds. The minimum atomic E-state index is -0.299. The lowest BCUT2D eigenvalue weighted by molar-refractivity contribution is -0.116. The molecule has 1 aromatic carbocycles. The molecule has 0 saturated carbocycles. The first-order chi connectivity index (χ1) is 13.1. The number of methoxy groups -OCH3 is 1. The molecule has 1 aliphatic rings. The van der Waals surface area contributed by atoms with Crippen molar-refractivity contribution in [3.05, 3.63) is 52.8 Å². The highest BCUT2D eigenvalue weighted by atomic mass is 79.9. The molecule has 0 aliphatic carbocycles. The van der Waals surface area contributed by atoms with Crippen molar-refractivity contribution in [3.8, 4) is 0 Å². The van der Waals surface area contributed by atoms with Crippen molar-refractivity contribution < 1.29 is 14.3 Å². The number of amides is 1. The molecular formula is C20H24BrN3O3. The Bertz CT molecular complexity index is 797. The summed E-state index contributed by atoms with van der Waals surface area (Å²) >= 11 is 3.40. The number of ether oxygens (including phenoxy) is 1. The number of hydrogen-bond acceptors (Lipinski definition) is 4. The van der Waals surface area contributed by atoms with Crippen molar-refractivity contribution in [2.45, 2.75) is 25.3 Å². The number of carbonyl (C=O) groups is 2. The van der Waals surface area contributed by atoms with Crippen molar-refractivity contribution in [2.75, 3.05) is 32.1 Å². The van der Waals surface area contributed by atoms with Crippen LogP contribution >= 0.6 is 15.9 Å². The van der Waals surface area contributed by atoms with Crippen molar-refractivity contribution >= 4 is 33.5 Å². The van der Waals surface area contributed by atoms with Crippen LogP contribution in [-0.4, -0.2) is 48.1 Å². The highest BCUT2D eigenvalue weighted by Gasteiger charge is 2.24. The summed E-state index contributed by atoms with van der Waals surface area (Å²) in [5, 5.41) is 2.93. The van der Waals surface area contributed by atoms with Crippen LogP contribution in [0.2, 0.25) is 0 Å². The second kappa shape index (κ2) is 9.19. The molecule has 1 fully saturated rings. The smallest absolute Gasteiger partial charge is 0.354 e. The number of rotatable bonds is 6. The predicted octanol–water partition coefficient (Wildman–Crippen LogP) is 3.70. The SMILES string of the molecule is COC(=O)c1cccn1C1CCN(CCC(=O)Nc2cccc(Br)c2)CC1. The number of nitrogens with one attached hydrogen (secondary N) is 1. The zero-order valence-corrected chi connectivity index (χ0v) is 16.9. The molecule has 144 valence electrons. The lowest BCUT2D eigenvalue weighted by Crippen LogP contribution is -2.37. The van der Waals surface area contributed by atoms with E-state index in [0.29, 0.717) is 18.2 Å². The van der Waals surface area contributed by atoms with Crippen LogP contribution in [0.1, 0.15) is 35.8 Å². The van der Waals surface area contributed by atoms with E-state index in [2.05, 4.69) is 26.1 Å². The van der Waals surface area contributed by atoms with Crippen molar-refractivity contribution in [2.24, 2.45) is 0 Å². The van der Waals surface area contributed by atoms with Gasteiger partial charge in [0.05, 0.1) is 7.11 Å². The van der Waals surface area contributed by atoms with Crippen molar-refractivity contribution in [3.63, 3.8) is 0 Å². The first kappa shape index (κ1) is 19.6. The number of carbonyl (C=O) groups excluding carboxylic acids is 2. The number of hydrogen-bond donors (Lipinski definition) is 1. The summed E-state index contributed by atoms with van der Waals surface area (Å²) < 4.78 is 7.81. The van der Waals surface area contributed by atoms with Gasteiger partial charge in [0, 0.05) is 48.5 Å². The Balaban J connectivity index is 1.45. The summed E-state index contributed by atoms with van der Waals surface area (Å²) in [5.41, 5.74) is 1.40. The summed E-state index contributed by atoms with van der Waals surface area (Å²) in [5.74, 6) is -0.278. The second-order valence-corrected chi connectivity index (χ2v) is 7.59. The fraction of sp³-hybridized carbons (Fsp3) is 0.400. The van der Waals surface area contributed by atoms with Crippen molar-refractivity contribution in [1.29, 1.82) is 0 Å². The molecule has 7 heteroatoms. The minimum absolute atomic E-state index is 0.0219. The highest BCUT2D eigenvalue weighted by molar-refractivity contribution is 9.10. The number of esters is 1. The summed E-state index contributed by atoms with van der Waals surface area (Å²) in [6.45, 7) is 2.56. The Kier molecular flexibility index (Phi) is 6.68. The number of anilines is 1. The molecule has 1 saturated heterocycles. The first-order valence-corrected chi connectivity index (χ1v) is 9.89. The molecule has 0 radical (unpaired) electrons. The molecule has 3 rings (SSSR count). The molecule has 1 aromatic heterocycles. The van der Waals surface area contributed by atoms with Gasteiger partial charge in [0.15, 0.2) is 0 Å². The van der Waals surface area contributed by atoms with Crippen LogP contribution in [0.4, 0.5) is 5.69 Å². The maximum absolute atomic E-state index is 12.2. The van der Waals surface area contributed by atoms with Crippen LogP contribution in [0.5, 0.6) is 0 Å². The molecule has 2 heterocycles. The second-order valence-electron chi connectivity index (χ2n) is 6.67. The van der Waals surface area contributed by atoms with E-state index in [1.165, 1.54) is 7.11 Å². The monoisotopic (exact) mass is 433 g/mol. The summed E-state index contributed by atoms with van der Waals surface area (Å²) in [6.07, 6.45) is 4.31. The van der Waals surface area contributed by atoms with Gasteiger partial charge >= 0.3 is 5.97 Å². The minimum Gasteiger partial charge on any atom is -0.464 e. The van der Waals surface area contributed by atoms with E-state index in [9.17, 15) is 9.59 Å². The zero-order chi connectivity index (χ0) is 19.2. The highest BCUT2D eigenvalue weighted by Crippen LogP contribution is 2.25. The van der Waals surface area contributed by atoms with E-state index in [-0.39, 0.29) is 11.9 Å². The lowest BCUT2D eigenvalue weighted by atomic mass is 10.0. The Hall–Kier alpha value is -2.12. The van der Waals surface area contributed by atoms with E-state index in [1.54, 1.807) is 6.07 Å². The third-order valence-electron chi connectivity index (χ3n) is 4.89. The maximum atomic E-state index is 12.2. The van der Waals surface area contributed by atoms with Crippen LogP contribution in [0.15, 0.2) is 47.1 Å². The number of aromatic nitrogens is 1. The van der Waals surface area contributed by atoms with Gasteiger partial charge in [-0.2, -0.15) is 0 Å². The number of nitrogens with zero attached hydrogens (tertiary/aromatic N) is 2. The van der Waals surface area contributed by atoms with Gasteiger partial charge in [0.2, 0.25) is 5.91 Å². The Labute approximate surface area is 167 Å². The van der Waals surface area contributed by atoms with Crippen LogP contribution < -0.4 is 5.32 Å².